The van der Waals surface area contributed by atoms with Gasteiger partial charge in [0.15, 0.2) is 0 Å². The van der Waals surface area contributed by atoms with Crippen LogP contribution in [-0.4, -0.2) is 41.1 Å². The number of rotatable bonds is 3. The van der Waals surface area contributed by atoms with Crippen molar-refractivity contribution >= 4 is 17.2 Å². The molecular formula is C12H17N3OS. The van der Waals surface area contributed by atoms with E-state index in [9.17, 15) is 0 Å². The van der Waals surface area contributed by atoms with Crippen molar-refractivity contribution in [1.82, 2.24) is 9.88 Å². The van der Waals surface area contributed by atoms with Gasteiger partial charge in [0, 0.05) is 30.9 Å². The molecule has 1 aromatic rings. The second kappa shape index (κ2) is 5.42. The molecule has 4 nitrogen and oxygen atoms in total. The second-order valence-corrected chi connectivity index (χ2v) is 4.81. The Morgan fingerprint density at radius 3 is 2.88 bits per heavy atom. The minimum Gasteiger partial charge on any atom is -0.474 e. The smallest absolute Gasteiger partial charge is 0.214 e. The number of piperidine rings is 1. The van der Waals surface area contributed by atoms with E-state index in [2.05, 4.69) is 16.9 Å². The summed E-state index contributed by atoms with van der Waals surface area (Å²) in [5, 5.41) is 0. The summed E-state index contributed by atoms with van der Waals surface area (Å²) in [5.41, 5.74) is 6.38. The molecule has 1 aliphatic rings. The van der Waals surface area contributed by atoms with Gasteiger partial charge in [-0.1, -0.05) is 12.2 Å². The molecule has 0 radical (unpaired) electrons. The Hall–Kier alpha value is -1.20. The maximum atomic E-state index is 5.84. The van der Waals surface area contributed by atoms with Crippen LogP contribution in [-0.2, 0) is 0 Å². The highest BCUT2D eigenvalue weighted by Crippen LogP contribution is 2.17. The second-order valence-electron chi connectivity index (χ2n) is 4.37. The van der Waals surface area contributed by atoms with E-state index in [0.717, 1.165) is 31.5 Å². The van der Waals surface area contributed by atoms with E-state index in [0.29, 0.717) is 10.9 Å². The van der Waals surface area contributed by atoms with E-state index >= 15 is 0 Å². The summed E-state index contributed by atoms with van der Waals surface area (Å²) < 4.78 is 5.84. The van der Waals surface area contributed by atoms with E-state index in [-0.39, 0.29) is 6.10 Å². The van der Waals surface area contributed by atoms with Gasteiger partial charge in [-0.15, -0.1) is 0 Å². The van der Waals surface area contributed by atoms with Crippen LogP contribution in [0.15, 0.2) is 18.3 Å². The quantitative estimate of drug-likeness (QED) is 0.818. The maximum Gasteiger partial charge on any atom is 0.214 e. The normalized spacial score (nSPS) is 17.9. The number of thiocarbonyl (C=S) groups is 1. The van der Waals surface area contributed by atoms with Gasteiger partial charge < -0.3 is 15.4 Å². The number of hydrogen-bond donors (Lipinski definition) is 1. The van der Waals surface area contributed by atoms with Crippen molar-refractivity contribution in [2.45, 2.75) is 18.9 Å². The Labute approximate surface area is 107 Å². The van der Waals surface area contributed by atoms with Crippen molar-refractivity contribution in [3.05, 3.63) is 23.9 Å². The number of likely N-dealkylation sites (tertiary alicyclic amines) is 1. The van der Waals surface area contributed by atoms with Gasteiger partial charge in [-0.05, 0) is 26.0 Å². The molecule has 2 rings (SSSR count). The van der Waals surface area contributed by atoms with Gasteiger partial charge in [0.2, 0.25) is 5.88 Å². The van der Waals surface area contributed by atoms with E-state index in [1.165, 1.54) is 0 Å². The lowest BCUT2D eigenvalue weighted by atomic mass is 10.1. The largest absolute Gasteiger partial charge is 0.474 e. The fourth-order valence-electron chi connectivity index (χ4n) is 1.90. The Morgan fingerprint density at radius 2 is 2.24 bits per heavy atom. The Bertz CT molecular complexity index is 402. The minimum atomic E-state index is 0.250. The van der Waals surface area contributed by atoms with Crippen LogP contribution in [0.25, 0.3) is 0 Å². The Morgan fingerprint density at radius 1 is 1.53 bits per heavy atom. The average Bonchev–Trinajstić information content (AvgIpc) is 2.32. The molecule has 0 aromatic carbocycles. The van der Waals surface area contributed by atoms with Crippen LogP contribution < -0.4 is 10.5 Å². The molecule has 0 aliphatic carbocycles. The minimum absolute atomic E-state index is 0.250. The van der Waals surface area contributed by atoms with E-state index in [1.54, 1.807) is 18.3 Å². The first kappa shape index (κ1) is 12.3. The first-order valence-corrected chi connectivity index (χ1v) is 6.17. The lowest BCUT2D eigenvalue weighted by molar-refractivity contribution is 0.110. The lowest BCUT2D eigenvalue weighted by Gasteiger charge is -2.28. The van der Waals surface area contributed by atoms with Crippen molar-refractivity contribution in [2.75, 3.05) is 20.1 Å². The molecule has 0 bridgehead atoms. The molecule has 1 aliphatic heterocycles. The maximum absolute atomic E-state index is 5.84. The molecule has 1 saturated heterocycles. The van der Waals surface area contributed by atoms with Crippen LogP contribution >= 0.6 is 12.2 Å². The lowest BCUT2D eigenvalue weighted by Crippen LogP contribution is -2.35. The number of nitrogens with zero attached hydrogens (tertiary/aromatic N) is 2. The van der Waals surface area contributed by atoms with Crippen molar-refractivity contribution in [3.8, 4) is 5.88 Å². The third kappa shape index (κ3) is 3.38. The molecule has 92 valence electrons. The molecule has 17 heavy (non-hydrogen) atoms. The van der Waals surface area contributed by atoms with Crippen LogP contribution in [0, 0.1) is 0 Å². The van der Waals surface area contributed by atoms with Crippen LogP contribution in [0.3, 0.4) is 0 Å². The predicted octanol–water partition coefficient (Wildman–Crippen LogP) is 1.19. The molecule has 0 atom stereocenters. The molecule has 0 unspecified atom stereocenters. The number of pyridine rings is 1. The molecule has 0 amide bonds. The Balaban J connectivity index is 1.98. The zero-order valence-electron chi connectivity index (χ0n) is 9.93. The summed E-state index contributed by atoms with van der Waals surface area (Å²) in [6.45, 7) is 2.14. The third-order valence-corrected chi connectivity index (χ3v) is 3.21. The van der Waals surface area contributed by atoms with Gasteiger partial charge in [0.25, 0.3) is 0 Å². The zero-order chi connectivity index (χ0) is 12.3. The van der Waals surface area contributed by atoms with Crippen LogP contribution in [0.1, 0.15) is 18.4 Å². The fraction of sp³-hybridized carbons (Fsp3) is 0.500. The summed E-state index contributed by atoms with van der Waals surface area (Å²) in [4.78, 5) is 6.86. The van der Waals surface area contributed by atoms with Crippen molar-refractivity contribution in [1.29, 1.82) is 0 Å². The summed E-state index contributed by atoms with van der Waals surface area (Å²) in [6.07, 6.45) is 4.00. The van der Waals surface area contributed by atoms with E-state index < -0.39 is 0 Å². The monoisotopic (exact) mass is 251 g/mol. The summed E-state index contributed by atoms with van der Waals surface area (Å²) >= 11 is 4.93. The number of ether oxygens (including phenoxy) is 1. The van der Waals surface area contributed by atoms with Gasteiger partial charge in [-0.25, -0.2) is 4.98 Å². The molecule has 0 spiro atoms. The van der Waals surface area contributed by atoms with Crippen LogP contribution in [0.2, 0.25) is 0 Å². The average molecular weight is 251 g/mol. The standard InChI is InChI=1S/C12H17N3OS/c1-15-6-3-10(4-7-15)16-11-8-9(12(13)17)2-5-14-11/h2,5,8,10H,3-4,6-7H2,1H3,(H2,13,17). The molecular weight excluding hydrogens is 234 g/mol. The van der Waals surface area contributed by atoms with Crippen molar-refractivity contribution in [2.24, 2.45) is 5.73 Å². The first-order chi connectivity index (χ1) is 8.15. The highest BCUT2D eigenvalue weighted by molar-refractivity contribution is 7.80. The number of hydrogen-bond acceptors (Lipinski definition) is 4. The first-order valence-electron chi connectivity index (χ1n) is 5.76. The van der Waals surface area contributed by atoms with E-state index in [1.807, 2.05) is 0 Å². The third-order valence-electron chi connectivity index (χ3n) is 2.97. The summed E-state index contributed by atoms with van der Waals surface area (Å²) in [6, 6.07) is 3.60. The van der Waals surface area contributed by atoms with Crippen molar-refractivity contribution in [3.63, 3.8) is 0 Å². The summed E-state index contributed by atoms with van der Waals surface area (Å²) in [7, 11) is 2.13. The van der Waals surface area contributed by atoms with Gasteiger partial charge >= 0.3 is 0 Å². The number of nitrogens with two attached hydrogens (primary N) is 1. The van der Waals surface area contributed by atoms with Gasteiger partial charge in [-0.3, -0.25) is 0 Å². The molecule has 0 saturated carbocycles. The highest BCUT2D eigenvalue weighted by atomic mass is 32.1. The van der Waals surface area contributed by atoms with Gasteiger partial charge in [0.1, 0.15) is 11.1 Å². The molecule has 2 N–H and O–H groups in total. The molecule has 2 heterocycles. The molecule has 5 heteroatoms. The van der Waals surface area contributed by atoms with Gasteiger partial charge in [0.05, 0.1) is 0 Å². The SMILES string of the molecule is CN1CCC(Oc2cc(C(N)=S)ccn2)CC1. The highest BCUT2D eigenvalue weighted by Gasteiger charge is 2.18. The predicted molar refractivity (Wildman–Crippen MR) is 71.3 cm³/mol. The zero-order valence-corrected chi connectivity index (χ0v) is 10.7. The molecule has 1 fully saturated rings. The summed E-state index contributed by atoms with van der Waals surface area (Å²) in [5.74, 6) is 0.616. The number of aromatic nitrogens is 1. The topological polar surface area (TPSA) is 51.4 Å². The van der Waals surface area contributed by atoms with E-state index in [4.69, 9.17) is 22.7 Å². The van der Waals surface area contributed by atoms with Gasteiger partial charge in [-0.2, -0.15) is 0 Å². The van der Waals surface area contributed by atoms with Crippen LogP contribution in [0.4, 0.5) is 0 Å². The van der Waals surface area contributed by atoms with Crippen LogP contribution in [0.5, 0.6) is 5.88 Å². The van der Waals surface area contributed by atoms with Crippen molar-refractivity contribution < 1.29 is 4.74 Å². The fourth-order valence-corrected chi connectivity index (χ4v) is 2.03. The Kier molecular flexibility index (Phi) is 3.91. The molecule has 1 aromatic heterocycles.